The van der Waals surface area contributed by atoms with Gasteiger partial charge in [-0.1, -0.05) is 86.5 Å². The number of hydrogen-bond acceptors (Lipinski definition) is 8. The van der Waals surface area contributed by atoms with Crippen LogP contribution in [0, 0.1) is 18.3 Å². The molecule has 3 aromatic rings. The molecule has 6 rings (SSSR count). The SMILES string of the molecule is C=C(C)[C@@H]1CC2(CCN(S(=O)(=O)C3CCN(C(=O)OCc4ccccc4)CC3)CC2)[C@@H](CCCC)O[C@H]1c1c(C)cc(-c2ccccc2OCC)cc1OCC(=O)O. The number of nitrogens with zero attached hydrogens (tertiary/aromatic N) is 2. The largest absolute Gasteiger partial charge is 0.493 e. The molecule has 314 valence electrons. The molecule has 3 aliphatic rings. The molecule has 1 spiro atoms. The quantitative estimate of drug-likeness (QED) is 0.149. The van der Waals surface area contributed by atoms with Gasteiger partial charge in [-0.3, -0.25) is 0 Å². The number of piperidine rings is 2. The fourth-order valence-corrected chi connectivity index (χ4v) is 11.1. The number of unbranched alkanes of at least 4 members (excludes halogenated alkanes) is 1. The summed E-state index contributed by atoms with van der Waals surface area (Å²) >= 11 is 0. The van der Waals surface area contributed by atoms with E-state index in [0.29, 0.717) is 64.2 Å². The number of hydrogen-bond donors (Lipinski definition) is 1. The van der Waals surface area contributed by atoms with Crippen molar-refractivity contribution in [2.24, 2.45) is 11.3 Å². The van der Waals surface area contributed by atoms with Crippen LogP contribution in [0.25, 0.3) is 11.1 Å². The van der Waals surface area contributed by atoms with Crippen LogP contribution >= 0.6 is 0 Å². The van der Waals surface area contributed by atoms with Crippen LogP contribution in [0.5, 0.6) is 11.5 Å². The van der Waals surface area contributed by atoms with Crippen LogP contribution in [0.1, 0.15) is 94.9 Å². The van der Waals surface area contributed by atoms with E-state index >= 15 is 0 Å². The molecule has 3 saturated heterocycles. The first kappa shape index (κ1) is 43.2. The summed E-state index contributed by atoms with van der Waals surface area (Å²) in [6.07, 6.45) is 4.61. The molecular weight excluding hydrogens is 757 g/mol. The van der Waals surface area contributed by atoms with Crippen molar-refractivity contribution in [3.63, 3.8) is 0 Å². The number of sulfonamides is 1. The van der Waals surface area contributed by atoms with Crippen LogP contribution in [0.2, 0.25) is 0 Å². The van der Waals surface area contributed by atoms with Crippen molar-refractivity contribution in [1.82, 2.24) is 9.21 Å². The van der Waals surface area contributed by atoms with E-state index in [2.05, 4.69) is 19.6 Å². The molecule has 1 amide bonds. The lowest BCUT2D eigenvalue weighted by Crippen LogP contribution is -2.55. The topological polar surface area (TPSA) is 132 Å². The van der Waals surface area contributed by atoms with E-state index in [4.69, 9.17) is 18.9 Å². The standard InChI is InChI=1S/C46H60N2O9S/c1-6-8-18-41-46(21-25-48(26-22-46)58(52,53)36-19-23-47(24-20-36)45(51)56-30-34-14-10-9-11-15-34)29-38(32(3)4)44(57-41)43-33(5)27-35(28-40(43)55-31-42(49)50)37-16-12-13-17-39(37)54-7-2/h9-17,27-28,36,38,41,44H,3,6-8,18-26,29-31H2,1-2,4-5H3,(H,49,50)/t38-,41+,44+/m0/s1. The molecule has 3 aromatic carbocycles. The number of carbonyl (C=O) groups is 2. The molecule has 3 atom stereocenters. The van der Waals surface area contributed by atoms with Crippen molar-refractivity contribution in [2.75, 3.05) is 39.4 Å². The maximum absolute atomic E-state index is 14.1. The van der Waals surface area contributed by atoms with Gasteiger partial charge < -0.3 is 29.0 Å². The average molecular weight is 817 g/mol. The summed E-state index contributed by atoms with van der Waals surface area (Å²) in [6, 6.07) is 21.3. The Labute approximate surface area is 344 Å². The Morgan fingerprint density at radius 1 is 0.948 bits per heavy atom. The molecule has 0 radical (unpaired) electrons. The number of carbonyl (C=O) groups excluding carboxylic acids is 1. The molecule has 3 heterocycles. The first-order valence-electron chi connectivity index (χ1n) is 20.8. The third-order valence-electron chi connectivity index (χ3n) is 12.3. The maximum atomic E-state index is 14.1. The average Bonchev–Trinajstić information content (AvgIpc) is 3.22. The minimum Gasteiger partial charge on any atom is -0.493 e. The third-order valence-corrected chi connectivity index (χ3v) is 14.7. The number of carboxylic acids is 1. The van der Waals surface area contributed by atoms with Gasteiger partial charge >= 0.3 is 12.1 Å². The number of carboxylic acid groups (broad SMARTS) is 1. The van der Waals surface area contributed by atoms with E-state index in [9.17, 15) is 23.1 Å². The van der Waals surface area contributed by atoms with Crippen LogP contribution in [0.3, 0.4) is 0 Å². The minimum absolute atomic E-state index is 0.112. The zero-order chi connectivity index (χ0) is 41.5. The van der Waals surface area contributed by atoms with Crippen LogP contribution in [-0.4, -0.2) is 85.5 Å². The predicted octanol–water partition coefficient (Wildman–Crippen LogP) is 8.95. The predicted molar refractivity (Wildman–Crippen MR) is 224 cm³/mol. The Kier molecular flexibility index (Phi) is 14.2. The molecule has 58 heavy (non-hydrogen) atoms. The van der Waals surface area contributed by atoms with E-state index in [1.807, 2.05) is 81.4 Å². The van der Waals surface area contributed by atoms with Gasteiger partial charge in [0.1, 0.15) is 18.1 Å². The fraction of sp³-hybridized carbons (Fsp3) is 0.522. The highest BCUT2D eigenvalue weighted by Gasteiger charge is 2.52. The summed E-state index contributed by atoms with van der Waals surface area (Å²) in [6.45, 7) is 14.2. The summed E-state index contributed by atoms with van der Waals surface area (Å²) in [5.74, 6) is 0.00816. The number of likely N-dealkylation sites (tertiary alicyclic amines) is 1. The zero-order valence-electron chi connectivity index (χ0n) is 34.5. The lowest BCUT2D eigenvalue weighted by molar-refractivity contribution is -0.170. The molecule has 0 unspecified atom stereocenters. The van der Waals surface area contributed by atoms with Gasteiger partial charge in [-0.15, -0.1) is 0 Å². The van der Waals surface area contributed by atoms with Gasteiger partial charge in [-0.05, 0) is 93.5 Å². The summed E-state index contributed by atoms with van der Waals surface area (Å²) in [5, 5.41) is 9.13. The van der Waals surface area contributed by atoms with Crippen molar-refractivity contribution in [1.29, 1.82) is 0 Å². The van der Waals surface area contributed by atoms with Gasteiger partial charge in [0.2, 0.25) is 10.0 Å². The molecule has 1 N–H and O–H groups in total. The fourth-order valence-electron chi connectivity index (χ4n) is 9.16. The molecule has 0 aliphatic carbocycles. The second-order valence-electron chi connectivity index (χ2n) is 16.2. The van der Waals surface area contributed by atoms with E-state index in [1.165, 1.54) is 0 Å². The first-order chi connectivity index (χ1) is 27.9. The molecule has 3 fully saturated rings. The summed E-state index contributed by atoms with van der Waals surface area (Å²) in [4.78, 5) is 26.2. The highest BCUT2D eigenvalue weighted by Crippen LogP contribution is 2.56. The monoisotopic (exact) mass is 816 g/mol. The van der Waals surface area contributed by atoms with Gasteiger partial charge in [0, 0.05) is 43.2 Å². The van der Waals surface area contributed by atoms with Crippen molar-refractivity contribution in [2.45, 2.75) is 103 Å². The highest BCUT2D eigenvalue weighted by molar-refractivity contribution is 7.89. The third kappa shape index (κ3) is 9.72. The van der Waals surface area contributed by atoms with Crippen LogP contribution in [-0.2, 0) is 30.9 Å². The Balaban J connectivity index is 1.19. The maximum Gasteiger partial charge on any atom is 0.410 e. The molecule has 11 nitrogen and oxygen atoms in total. The summed E-state index contributed by atoms with van der Waals surface area (Å²) in [5.41, 5.74) is 5.07. The Bertz CT molecular complexity index is 2000. The van der Waals surface area contributed by atoms with Gasteiger partial charge in [-0.2, -0.15) is 0 Å². The summed E-state index contributed by atoms with van der Waals surface area (Å²) < 4.78 is 54.7. The highest BCUT2D eigenvalue weighted by atomic mass is 32.2. The number of amides is 1. The normalized spacial score (nSPS) is 21.4. The number of para-hydroxylation sites is 1. The van der Waals surface area contributed by atoms with Crippen molar-refractivity contribution in [3.05, 3.63) is 95.6 Å². The second kappa shape index (κ2) is 19.1. The van der Waals surface area contributed by atoms with Gasteiger partial charge in [0.05, 0.1) is 24.1 Å². The van der Waals surface area contributed by atoms with Crippen LogP contribution in [0.4, 0.5) is 4.79 Å². The van der Waals surface area contributed by atoms with Crippen molar-refractivity contribution < 1.29 is 42.1 Å². The smallest absolute Gasteiger partial charge is 0.410 e. The van der Waals surface area contributed by atoms with Gasteiger partial charge in [0.25, 0.3) is 0 Å². The minimum atomic E-state index is -3.60. The number of aryl methyl sites for hydroxylation is 1. The first-order valence-corrected chi connectivity index (χ1v) is 22.3. The molecule has 3 aliphatic heterocycles. The molecular formula is C46H60N2O9S. The van der Waals surface area contributed by atoms with Crippen molar-refractivity contribution >= 4 is 22.1 Å². The van der Waals surface area contributed by atoms with Gasteiger partial charge in [-0.25, -0.2) is 22.3 Å². The second-order valence-corrected chi connectivity index (χ2v) is 18.4. The van der Waals surface area contributed by atoms with E-state index in [1.54, 1.807) is 9.21 Å². The van der Waals surface area contributed by atoms with Crippen LogP contribution in [0.15, 0.2) is 78.9 Å². The lowest BCUT2D eigenvalue weighted by atomic mass is 9.63. The number of benzene rings is 3. The molecule has 0 aromatic heterocycles. The summed E-state index contributed by atoms with van der Waals surface area (Å²) in [7, 11) is -3.60. The Morgan fingerprint density at radius 2 is 1.64 bits per heavy atom. The molecule has 0 saturated carbocycles. The van der Waals surface area contributed by atoms with Crippen molar-refractivity contribution in [3.8, 4) is 22.6 Å². The molecule has 0 bridgehead atoms. The lowest BCUT2D eigenvalue weighted by Gasteiger charge is -2.54. The van der Waals surface area contributed by atoms with E-state index in [0.717, 1.165) is 64.8 Å². The van der Waals surface area contributed by atoms with E-state index < -0.39 is 40.0 Å². The number of aliphatic carboxylic acids is 1. The molecule has 12 heteroatoms. The Morgan fingerprint density at radius 3 is 2.29 bits per heavy atom. The van der Waals surface area contributed by atoms with Gasteiger partial charge in [0.15, 0.2) is 6.61 Å². The zero-order valence-corrected chi connectivity index (χ0v) is 35.3. The van der Waals surface area contributed by atoms with E-state index in [-0.39, 0.29) is 24.0 Å². The number of ether oxygens (including phenoxy) is 4. The van der Waals surface area contributed by atoms with Crippen LogP contribution < -0.4 is 9.47 Å². The Hall–Kier alpha value is -4.39. The number of rotatable bonds is 15.